The maximum absolute atomic E-state index is 13.1. The molecule has 0 saturated heterocycles. The van der Waals surface area contributed by atoms with Gasteiger partial charge in [0.2, 0.25) is 0 Å². The average molecular weight is 279 g/mol. The Labute approximate surface area is 114 Å². The van der Waals surface area contributed by atoms with E-state index >= 15 is 0 Å². The fourth-order valence-corrected chi connectivity index (χ4v) is 2.37. The van der Waals surface area contributed by atoms with E-state index in [1.807, 2.05) is 6.92 Å². The third kappa shape index (κ3) is 3.29. The number of benzene rings is 1. The molecule has 0 aliphatic rings. The molecule has 3 N–H and O–H groups in total. The van der Waals surface area contributed by atoms with E-state index < -0.39 is 11.7 Å². The Hall–Kier alpha value is -1.95. The van der Waals surface area contributed by atoms with Crippen molar-refractivity contribution in [3.05, 3.63) is 45.7 Å². The van der Waals surface area contributed by atoms with Gasteiger partial charge >= 0.3 is 0 Å². The highest BCUT2D eigenvalue weighted by atomic mass is 32.1. The van der Waals surface area contributed by atoms with Gasteiger partial charge in [0, 0.05) is 16.8 Å². The zero-order valence-corrected chi connectivity index (χ0v) is 11.3. The van der Waals surface area contributed by atoms with Gasteiger partial charge in [-0.05, 0) is 24.6 Å². The lowest BCUT2D eigenvalue weighted by Gasteiger charge is -2.06. The van der Waals surface area contributed by atoms with Crippen LogP contribution in [0.25, 0.3) is 0 Å². The summed E-state index contributed by atoms with van der Waals surface area (Å²) in [4.78, 5) is 17.2. The maximum Gasteiger partial charge on any atom is 0.253 e. The summed E-state index contributed by atoms with van der Waals surface area (Å²) in [6.07, 6.45) is 2.71. The van der Waals surface area contributed by atoms with E-state index in [2.05, 4.69) is 10.3 Å². The number of thiazole rings is 1. The molecule has 100 valence electrons. The van der Waals surface area contributed by atoms with Crippen molar-refractivity contribution in [1.29, 1.82) is 0 Å². The normalized spacial score (nSPS) is 10.4. The molecule has 6 heteroatoms. The molecular weight excluding hydrogens is 265 g/mol. The second kappa shape index (κ2) is 5.79. The molecule has 1 aromatic heterocycles. The first kappa shape index (κ1) is 13.5. The van der Waals surface area contributed by atoms with Crippen molar-refractivity contribution < 1.29 is 9.18 Å². The summed E-state index contributed by atoms with van der Waals surface area (Å²) in [5, 5.41) is 3.50. The van der Waals surface area contributed by atoms with Crippen LogP contribution >= 0.6 is 11.3 Å². The summed E-state index contributed by atoms with van der Waals surface area (Å²) in [6, 6.07) is 3.73. The predicted octanol–water partition coefficient (Wildman–Crippen LogP) is 2.36. The first-order valence-corrected chi connectivity index (χ1v) is 6.68. The molecule has 1 aromatic carbocycles. The number of hydrogen-bond acceptors (Lipinski definition) is 4. The number of aryl methyl sites for hydroxylation is 1. The molecule has 2 aromatic rings. The van der Waals surface area contributed by atoms with Gasteiger partial charge in [0.25, 0.3) is 5.91 Å². The van der Waals surface area contributed by atoms with Crippen LogP contribution < -0.4 is 11.1 Å². The van der Waals surface area contributed by atoms with Crippen molar-refractivity contribution in [2.75, 3.05) is 5.73 Å². The smallest absolute Gasteiger partial charge is 0.253 e. The Morgan fingerprint density at radius 2 is 2.32 bits per heavy atom. The SMILES string of the molecule is CCc1cnc(CNC(=O)c2cc(F)ccc2N)s1. The van der Waals surface area contributed by atoms with Gasteiger partial charge in [-0.3, -0.25) is 4.79 Å². The van der Waals surface area contributed by atoms with Gasteiger partial charge < -0.3 is 11.1 Å². The van der Waals surface area contributed by atoms with E-state index in [9.17, 15) is 9.18 Å². The van der Waals surface area contributed by atoms with Crippen LogP contribution in [0.15, 0.2) is 24.4 Å². The van der Waals surface area contributed by atoms with Gasteiger partial charge in [-0.15, -0.1) is 11.3 Å². The fraction of sp³-hybridized carbons (Fsp3) is 0.231. The fourth-order valence-electron chi connectivity index (χ4n) is 1.57. The van der Waals surface area contributed by atoms with Crippen LogP contribution in [0, 0.1) is 5.82 Å². The molecule has 19 heavy (non-hydrogen) atoms. The number of halogens is 1. The van der Waals surface area contributed by atoms with Crippen LogP contribution in [-0.4, -0.2) is 10.9 Å². The van der Waals surface area contributed by atoms with E-state index in [1.54, 1.807) is 17.5 Å². The van der Waals surface area contributed by atoms with Crippen LogP contribution in [0.1, 0.15) is 27.2 Å². The van der Waals surface area contributed by atoms with Crippen LogP contribution in [0.3, 0.4) is 0 Å². The van der Waals surface area contributed by atoms with E-state index in [4.69, 9.17) is 5.73 Å². The molecular formula is C13H14FN3OS. The van der Waals surface area contributed by atoms with Crippen molar-refractivity contribution >= 4 is 22.9 Å². The van der Waals surface area contributed by atoms with E-state index in [1.165, 1.54) is 12.1 Å². The Morgan fingerprint density at radius 3 is 3.00 bits per heavy atom. The first-order valence-electron chi connectivity index (χ1n) is 5.87. The highest BCUT2D eigenvalue weighted by Gasteiger charge is 2.11. The highest BCUT2D eigenvalue weighted by Crippen LogP contribution is 2.15. The Balaban J connectivity index is 2.03. The van der Waals surface area contributed by atoms with Gasteiger partial charge in [0.1, 0.15) is 10.8 Å². The number of nitrogens with zero attached hydrogens (tertiary/aromatic N) is 1. The lowest BCUT2D eigenvalue weighted by atomic mass is 10.1. The van der Waals surface area contributed by atoms with Crippen LogP contribution in [0.4, 0.5) is 10.1 Å². The number of nitrogens with one attached hydrogen (secondary N) is 1. The lowest BCUT2D eigenvalue weighted by Crippen LogP contribution is -2.23. The highest BCUT2D eigenvalue weighted by molar-refractivity contribution is 7.11. The molecule has 0 bridgehead atoms. The van der Waals surface area contributed by atoms with Gasteiger partial charge in [-0.1, -0.05) is 6.92 Å². The van der Waals surface area contributed by atoms with Gasteiger partial charge in [0.15, 0.2) is 0 Å². The molecule has 1 amide bonds. The quantitative estimate of drug-likeness (QED) is 0.844. The van der Waals surface area contributed by atoms with Crippen molar-refractivity contribution in [3.8, 4) is 0 Å². The molecule has 1 heterocycles. The number of nitrogen functional groups attached to an aromatic ring is 1. The number of nitrogens with two attached hydrogens (primary N) is 1. The topological polar surface area (TPSA) is 68.0 Å². The summed E-state index contributed by atoms with van der Waals surface area (Å²) in [5.41, 5.74) is 6.05. The molecule has 0 aliphatic heterocycles. The van der Waals surface area contributed by atoms with E-state index in [0.717, 1.165) is 22.4 Å². The molecule has 0 aliphatic carbocycles. The Bertz CT molecular complexity index is 597. The number of carbonyl (C=O) groups excluding carboxylic acids is 1. The minimum atomic E-state index is -0.484. The van der Waals surface area contributed by atoms with Crippen molar-refractivity contribution in [2.45, 2.75) is 19.9 Å². The molecule has 4 nitrogen and oxygen atoms in total. The summed E-state index contributed by atoms with van der Waals surface area (Å²) in [5.74, 6) is -0.882. The molecule has 0 spiro atoms. The molecule has 0 atom stereocenters. The zero-order chi connectivity index (χ0) is 13.8. The average Bonchev–Trinajstić information content (AvgIpc) is 2.87. The summed E-state index contributed by atoms with van der Waals surface area (Å²) in [6.45, 7) is 2.36. The third-order valence-electron chi connectivity index (χ3n) is 2.61. The first-order chi connectivity index (χ1) is 9.10. The molecule has 2 rings (SSSR count). The summed E-state index contributed by atoms with van der Waals surface area (Å²) < 4.78 is 13.1. The van der Waals surface area contributed by atoms with Gasteiger partial charge in [-0.25, -0.2) is 9.37 Å². The van der Waals surface area contributed by atoms with E-state index in [0.29, 0.717) is 6.54 Å². The Morgan fingerprint density at radius 1 is 1.53 bits per heavy atom. The van der Waals surface area contributed by atoms with Gasteiger partial charge in [-0.2, -0.15) is 0 Å². The number of amides is 1. The molecule has 0 unspecified atom stereocenters. The second-order valence-corrected chi connectivity index (χ2v) is 5.19. The minimum Gasteiger partial charge on any atom is -0.398 e. The van der Waals surface area contributed by atoms with Crippen LogP contribution in [0.5, 0.6) is 0 Å². The molecule has 0 saturated carbocycles. The maximum atomic E-state index is 13.1. The van der Waals surface area contributed by atoms with Crippen molar-refractivity contribution in [3.63, 3.8) is 0 Å². The number of anilines is 1. The summed E-state index contributed by atoms with van der Waals surface area (Å²) >= 11 is 1.55. The van der Waals surface area contributed by atoms with Crippen molar-refractivity contribution in [2.24, 2.45) is 0 Å². The largest absolute Gasteiger partial charge is 0.398 e. The van der Waals surface area contributed by atoms with Crippen LogP contribution in [-0.2, 0) is 13.0 Å². The molecule has 0 fully saturated rings. The lowest BCUT2D eigenvalue weighted by molar-refractivity contribution is 0.0951. The summed E-state index contributed by atoms with van der Waals surface area (Å²) in [7, 11) is 0. The number of hydrogen-bond donors (Lipinski definition) is 2. The monoisotopic (exact) mass is 279 g/mol. The Kier molecular flexibility index (Phi) is 4.11. The molecule has 0 radical (unpaired) electrons. The third-order valence-corrected chi connectivity index (χ3v) is 3.75. The predicted molar refractivity (Wildman–Crippen MR) is 73.5 cm³/mol. The van der Waals surface area contributed by atoms with Gasteiger partial charge in [0.05, 0.1) is 12.1 Å². The van der Waals surface area contributed by atoms with Crippen LogP contribution in [0.2, 0.25) is 0 Å². The zero-order valence-electron chi connectivity index (χ0n) is 10.4. The van der Waals surface area contributed by atoms with Crippen molar-refractivity contribution in [1.82, 2.24) is 10.3 Å². The van der Waals surface area contributed by atoms with E-state index in [-0.39, 0.29) is 11.3 Å². The standard InChI is InChI=1S/C13H14FN3OS/c1-2-9-6-16-12(19-9)7-17-13(18)10-5-8(14)3-4-11(10)15/h3-6H,2,7,15H2,1H3,(H,17,18). The number of aromatic nitrogens is 1. The minimum absolute atomic E-state index is 0.146. The second-order valence-electron chi connectivity index (χ2n) is 3.99. The number of rotatable bonds is 4. The number of carbonyl (C=O) groups is 1.